The van der Waals surface area contributed by atoms with Gasteiger partial charge in [-0.1, -0.05) is 26.0 Å². The van der Waals surface area contributed by atoms with Crippen molar-refractivity contribution < 1.29 is 33.3 Å². The van der Waals surface area contributed by atoms with E-state index in [4.69, 9.17) is 4.74 Å². The highest BCUT2D eigenvalue weighted by Crippen LogP contribution is 2.23. The molecule has 0 saturated carbocycles. The van der Waals surface area contributed by atoms with Crippen molar-refractivity contribution in [3.8, 4) is 5.75 Å². The average molecular weight is 421 g/mol. The molecule has 0 aliphatic carbocycles. The van der Waals surface area contributed by atoms with Gasteiger partial charge in [0.25, 0.3) is 0 Å². The van der Waals surface area contributed by atoms with Crippen molar-refractivity contribution >= 4 is 11.9 Å². The zero-order valence-corrected chi connectivity index (χ0v) is 16.8. The third kappa shape index (κ3) is 7.11. The van der Waals surface area contributed by atoms with Crippen LogP contribution < -0.4 is 10.1 Å². The lowest BCUT2D eigenvalue weighted by molar-refractivity contribution is -0.142. The molecule has 2 unspecified atom stereocenters. The number of nitrogens with one attached hydrogen (secondary N) is 1. The van der Waals surface area contributed by atoms with Crippen LogP contribution in [0.4, 0.5) is 8.78 Å². The third-order valence-electron chi connectivity index (χ3n) is 4.46. The van der Waals surface area contributed by atoms with Crippen LogP contribution in [-0.2, 0) is 16.2 Å². The molecule has 0 radical (unpaired) electrons. The number of carbonyl (C=O) groups is 2. The number of rotatable bonds is 11. The van der Waals surface area contributed by atoms with E-state index >= 15 is 0 Å². The minimum atomic E-state index is -1.11. The van der Waals surface area contributed by atoms with Crippen LogP contribution in [0.25, 0.3) is 0 Å². The van der Waals surface area contributed by atoms with E-state index in [0.29, 0.717) is 23.3 Å². The van der Waals surface area contributed by atoms with Gasteiger partial charge >= 0.3 is 11.9 Å². The lowest BCUT2D eigenvalue weighted by Gasteiger charge is -2.20. The average Bonchev–Trinajstić information content (AvgIpc) is 2.64. The molecule has 0 amide bonds. The van der Waals surface area contributed by atoms with Crippen molar-refractivity contribution in [2.24, 2.45) is 5.92 Å². The second-order valence-corrected chi connectivity index (χ2v) is 7.46. The second-order valence-electron chi connectivity index (χ2n) is 7.46. The first-order chi connectivity index (χ1) is 14.2. The number of hydrogen-bond donors (Lipinski definition) is 3. The van der Waals surface area contributed by atoms with Crippen molar-refractivity contribution in [3.63, 3.8) is 0 Å². The molecule has 30 heavy (non-hydrogen) atoms. The first-order valence-electron chi connectivity index (χ1n) is 9.52. The standard InChI is InChI=1S/C22H25F2NO5/c1-13(2)6-20(22(28)29)25-11-19(21(26)27)15-4-3-5-18(9-15)30-12-14-7-16(23)10-17(24)8-14/h3-5,7-10,13,19-20,25H,6,11-12H2,1-2H3,(H,26,27)(H,28,29). The Bertz CT molecular complexity index is 867. The zero-order chi connectivity index (χ0) is 22.3. The van der Waals surface area contributed by atoms with Crippen molar-refractivity contribution in [3.05, 3.63) is 65.2 Å². The van der Waals surface area contributed by atoms with Gasteiger partial charge in [-0.2, -0.15) is 0 Å². The monoisotopic (exact) mass is 421 g/mol. The number of halogens is 2. The SMILES string of the molecule is CC(C)CC(NCC(C(=O)O)c1cccc(OCc2cc(F)cc(F)c2)c1)C(=O)O. The molecular weight excluding hydrogens is 396 g/mol. The quantitative estimate of drug-likeness (QED) is 0.511. The maximum absolute atomic E-state index is 13.3. The molecule has 0 fully saturated rings. The van der Waals surface area contributed by atoms with Crippen LogP contribution in [0.1, 0.15) is 37.3 Å². The summed E-state index contributed by atoms with van der Waals surface area (Å²) >= 11 is 0. The number of aliphatic carboxylic acids is 2. The summed E-state index contributed by atoms with van der Waals surface area (Å²) in [6, 6.07) is 8.55. The smallest absolute Gasteiger partial charge is 0.320 e. The fourth-order valence-corrected chi connectivity index (χ4v) is 3.03. The number of ether oxygens (including phenoxy) is 1. The van der Waals surface area contributed by atoms with Crippen molar-refractivity contribution in [2.75, 3.05) is 6.54 Å². The van der Waals surface area contributed by atoms with Gasteiger partial charge in [-0.25, -0.2) is 8.78 Å². The van der Waals surface area contributed by atoms with Crippen molar-refractivity contribution in [1.29, 1.82) is 0 Å². The van der Waals surface area contributed by atoms with Crippen LogP contribution in [-0.4, -0.2) is 34.7 Å². The number of benzene rings is 2. The van der Waals surface area contributed by atoms with Gasteiger partial charge in [0.05, 0.1) is 5.92 Å². The predicted molar refractivity (Wildman–Crippen MR) is 106 cm³/mol. The molecule has 2 aromatic carbocycles. The molecule has 162 valence electrons. The van der Waals surface area contributed by atoms with Gasteiger partial charge in [0.2, 0.25) is 0 Å². The van der Waals surface area contributed by atoms with Gasteiger partial charge in [-0.15, -0.1) is 0 Å². The predicted octanol–water partition coefficient (Wildman–Crippen LogP) is 3.80. The molecule has 0 bridgehead atoms. The summed E-state index contributed by atoms with van der Waals surface area (Å²) < 4.78 is 32.1. The van der Waals surface area contributed by atoms with E-state index in [1.807, 2.05) is 13.8 Å². The Morgan fingerprint density at radius 3 is 2.27 bits per heavy atom. The minimum absolute atomic E-state index is 0.0718. The fraction of sp³-hybridized carbons (Fsp3) is 0.364. The number of hydrogen-bond acceptors (Lipinski definition) is 4. The van der Waals surface area contributed by atoms with E-state index in [1.165, 1.54) is 6.07 Å². The van der Waals surface area contributed by atoms with Gasteiger partial charge < -0.3 is 20.3 Å². The first-order valence-corrected chi connectivity index (χ1v) is 9.52. The molecule has 0 heterocycles. The summed E-state index contributed by atoms with van der Waals surface area (Å²) in [6.07, 6.45) is 0.370. The Morgan fingerprint density at radius 1 is 1.03 bits per heavy atom. The van der Waals surface area contributed by atoms with E-state index in [1.54, 1.807) is 18.2 Å². The maximum Gasteiger partial charge on any atom is 0.320 e. The number of carboxylic acids is 2. The maximum atomic E-state index is 13.3. The Balaban J connectivity index is 2.09. The molecule has 6 nitrogen and oxygen atoms in total. The van der Waals surface area contributed by atoms with Crippen molar-refractivity contribution in [1.82, 2.24) is 5.32 Å². The van der Waals surface area contributed by atoms with Crippen LogP contribution in [0, 0.1) is 17.6 Å². The summed E-state index contributed by atoms with van der Waals surface area (Å²) in [5, 5.41) is 21.7. The van der Waals surface area contributed by atoms with Crippen LogP contribution in [0.2, 0.25) is 0 Å². The molecule has 0 aliphatic rings. The van der Waals surface area contributed by atoms with Gasteiger partial charge in [-0.05, 0) is 47.7 Å². The van der Waals surface area contributed by atoms with Crippen molar-refractivity contribution in [2.45, 2.75) is 38.8 Å². The highest BCUT2D eigenvalue weighted by molar-refractivity contribution is 5.77. The van der Waals surface area contributed by atoms with E-state index in [0.717, 1.165) is 18.2 Å². The highest BCUT2D eigenvalue weighted by atomic mass is 19.1. The first kappa shape index (κ1) is 23.3. The van der Waals surface area contributed by atoms with E-state index < -0.39 is 35.5 Å². The molecule has 0 saturated heterocycles. The molecule has 0 aliphatic heterocycles. The molecule has 0 spiro atoms. The Labute approximate surface area is 173 Å². The van der Waals surface area contributed by atoms with E-state index in [2.05, 4.69) is 5.32 Å². The summed E-state index contributed by atoms with van der Waals surface area (Å²) in [5.41, 5.74) is 0.721. The lowest BCUT2D eigenvalue weighted by atomic mass is 9.97. The molecule has 3 N–H and O–H groups in total. The van der Waals surface area contributed by atoms with E-state index in [-0.39, 0.29) is 19.1 Å². The Hall–Kier alpha value is -3.00. The molecule has 2 atom stereocenters. The van der Waals surface area contributed by atoms with E-state index in [9.17, 15) is 28.6 Å². The van der Waals surface area contributed by atoms with Crippen LogP contribution in [0.15, 0.2) is 42.5 Å². The number of carboxylic acid groups (broad SMARTS) is 2. The lowest BCUT2D eigenvalue weighted by Crippen LogP contribution is -2.41. The summed E-state index contributed by atoms with van der Waals surface area (Å²) in [6.45, 7) is 3.61. The third-order valence-corrected chi connectivity index (χ3v) is 4.46. The summed E-state index contributed by atoms with van der Waals surface area (Å²) in [4.78, 5) is 23.2. The molecular formula is C22H25F2NO5. The van der Waals surface area contributed by atoms with Gasteiger partial charge in [-0.3, -0.25) is 9.59 Å². The molecule has 2 rings (SSSR count). The normalized spacial score (nSPS) is 13.1. The van der Waals surface area contributed by atoms with Crippen LogP contribution in [0.5, 0.6) is 5.75 Å². The van der Waals surface area contributed by atoms with Gasteiger partial charge in [0.15, 0.2) is 0 Å². The van der Waals surface area contributed by atoms with Gasteiger partial charge in [0.1, 0.15) is 30.0 Å². The minimum Gasteiger partial charge on any atom is -0.489 e. The van der Waals surface area contributed by atoms with Gasteiger partial charge in [0, 0.05) is 12.6 Å². The molecule has 0 aromatic heterocycles. The largest absolute Gasteiger partial charge is 0.489 e. The summed E-state index contributed by atoms with van der Waals surface area (Å²) in [7, 11) is 0. The summed E-state index contributed by atoms with van der Waals surface area (Å²) in [5.74, 6) is -4.10. The second kappa shape index (κ2) is 10.7. The fourth-order valence-electron chi connectivity index (χ4n) is 3.03. The molecule has 8 heteroatoms. The van der Waals surface area contributed by atoms with Crippen LogP contribution in [0.3, 0.4) is 0 Å². The topological polar surface area (TPSA) is 95.9 Å². The Morgan fingerprint density at radius 2 is 1.70 bits per heavy atom. The highest BCUT2D eigenvalue weighted by Gasteiger charge is 2.25. The molecule has 2 aromatic rings. The Kier molecular flexibility index (Phi) is 8.29. The zero-order valence-electron chi connectivity index (χ0n) is 16.8. The van der Waals surface area contributed by atoms with Crippen LogP contribution >= 0.6 is 0 Å².